The van der Waals surface area contributed by atoms with Gasteiger partial charge in [-0.15, -0.1) is 0 Å². The fraction of sp³-hybridized carbons (Fsp3) is 0.621. The SMILES string of the molecule is CCCCCCCCC(=O)N1CCN(c2nc(CN3CCN(Cc4ccccc4)CC3)cc(=O)[nH]2)CC1. The number of hydrogen-bond acceptors (Lipinski definition) is 6. The Hall–Kier alpha value is -2.71. The van der Waals surface area contributed by atoms with Gasteiger partial charge in [-0.2, -0.15) is 0 Å². The molecule has 37 heavy (non-hydrogen) atoms. The molecule has 1 N–H and O–H groups in total. The minimum Gasteiger partial charge on any atom is -0.339 e. The van der Waals surface area contributed by atoms with Gasteiger partial charge in [0.05, 0.1) is 5.69 Å². The Balaban J connectivity index is 1.21. The first-order valence-electron chi connectivity index (χ1n) is 14.2. The quantitative estimate of drug-likeness (QED) is 0.443. The van der Waals surface area contributed by atoms with Crippen molar-refractivity contribution in [3.05, 3.63) is 58.0 Å². The standard InChI is InChI=1S/C29H44N6O2/c1-2-3-4-5-6-10-13-28(37)34-18-20-35(21-19-34)29-30-26(22-27(36)31-29)24-33-16-14-32(15-17-33)23-25-11-8-7-9-12-25/h7-9,11-12,22H,2-6,10,13-21,23-24H2,1H3,(H,30,31,36). The smallest absolute Gasteiger partial charge is 0.252 e. The van der Waals surface area contributed by atoms with E-state index in [0.717, 1.165) is 51.3 Å². The summed E-state index contributed by atoms with van der Waals surface area (Å²) in [6.45, 7) is 10.6. The van der Waals surface area contributed by atoms with E-state index >= 15 is 0 Å². The number of amides is 1. The number of hydrogen-bond donors (Lipinski definition) is 1. The van der Waals surface area contributed by atoms with Crippen molar-refractivity contribution in [3.63, 3.8) is 0 Å². The van der Waals surface area contributed by atoms with Gasteiger partial charge >= 0.3 is 0 Å². The van der Waals surface area contributed by atoms with E-state index in [1.54, 1.807) is 6.07 Å². The number of aromatic amines is 1. The van der Waals surface area contributed by atoms with Crippen LogP contribution in [-0.2, 0) is 17.9 Å². The van der Waals surface area contributed by atoms with Crippen LogP contribution in [0.25, 0.3) is 0 Å². The van der Waals surface area contributed by atoms with E-state index < -0.39 is 0 Å². The van der Waals surface area contributed by atoms with Crippen LogP contribution >= 0.6 is 0 Å². The van der Waals surface area contributed by atoms with Gasteiger partial charge in [0.1, 0.15) is 0 Å². The number of aromatic nitrogens is 2. The third-order valence-corrected chi connectivity index (χ3v) is 7.56. The summed E-state index contributed by atoms with van der Waals surface area (Å²) in [5.41, 5.74) is 2.06. The predicted molar refractivity (Wildman–Crippen MR) is 149 cm³/mol. The van der Waals surface area contributed by atoms with Crippen molar-refractivity contribution >= 4 is 11.9 Å². The minimum absolute atomic E-state index is 0.107. The number of carbonyl (C=O) groups excluding carboxylic acids is 1. The highest BCUT2D eigenvalue weighted by atomic mass is 16.2. The van der Waals surface area contributed by atoms with Gasteiger partial charge in [0.2, 0.25) is 11.9 Å². The molecule has 1 aromatic carbocycles. The topological polar surface area (TPSA) is 75.8 Å². The molecule has 0 saturated carbocycles. The van der Waals surface area contributed by atoms with Crippen LogP contribution in [0.3, 0.4) is 0 Å². The van der Waals surface area contributed by atoms with Crippen LogP contribution in [0.15, 0.2) is 41.2 Å². The van der Waals surface area contributed by atoms with Crippen LogP contribution in [0, 0.1) is 0 Å². The van der Waals surface area contributed by atoms with Crippen LogP contribution in [0.5, 0.6) is 0 Å². The first-order chi connectivity index (χ1) is 18.1. The highest BCUT2D eigenvalue weighted by Crippen LogP contribution is 2.15. The lowest BCUT2D eigenvalue weighted by atomic mass is 10.1. The average molecular weight is 509 g/mol. The number of H-pyrrole nitrogens is 1. The molecular weight excluding hydrogens is 464 g/mol. The molecule has 0 aliphatic carbocycles. The molecule has 202 valence electrons. The van der Waals surface area contributed by atoms with E-state index in [9.17, 15) is 9.59 Å². The Morgan fingerprint density at radius 2 is 1.49 bits per heavy atom. The number of nitrogens with zero attached hydrogens (tertiary/aromatic N) is 5. The van der Waals surface area contributed by atoms with Gasteiger partial charge in [0.15, 0.2) is 0 Å². The number of piperazine rings is 2. The lowest BCUT2D eigenvalue weighted by molar-refractivity contribution is -0.131. The normalized spacial score (nSPS) is 17.3. The van der Waals surface area contributed by atoms with Crippen LogP contribution in [0.1, 0.15) is 63.1 Å². The highest BCUT2D eigenvalue weighted by molar-refractivity contribution is 5.76. The van der Waals surface area contributed by atoms with E-state index in [1.807, 2.05) is 4.90 Å². The molecule has 0 unspecified atom stereocenters. The maximum atomic E-state index is 12.6. The summed E-state index contributed by atoms with van der Waals surface area (Å²) in [4.78, 5) is 41.7. The maximum Gasteiger partial charge on any atom is 0.252 e. The molecule has 4 rings (SSSR count). The summed E-state index contributed by atoms with van der Waals surface area (Å²) in [5.74, 6) is 0.894. The van der Waals surface area contributed by atoms with Crippen LogP contribution in [0.4, 0.5) is 5.95 Å². The first-order valence-corrected chi connectivity index (χ1v) is 14.2. The third kappa shape index (κ3) is 8.68. The summed E-state index contributed by atoms with van der Waals surface area (Å²) in [6.07, 6.45) is 7.82. The second-order valence-electron chi connectivity index (χ2n) is 10.5. The number of rotatable bonds is 12. The molecule has 2 aliphatic heterocycles. The minimum atomic E-state index is -0.107. The van der Waals surface area contributed by atoms with Gasteiger partial charge in [-0.3, -0.25) is 24.4 Å². The number of nitrogens with one attached hydrogen (secondary N) is 1. The summed E-state index contributed by atoms with van der Waals surface area (Å²) >= 11 is 0. The third-order valence-electron chi connectivity index (χ3n) is 7.56. The Kier molecular flexibility index (Phi) is 10.6. The van der Waals surface area contributed by atoms with E-state index in [-0.39, 0.29) is 11.5 Å². The van der Waals surface area contributed by atoms with Gasteiger partial charge < -0.3 is 9.80 Å². The van der Waals surface area contributed by atoms with Gasteiger partial charge in [0, 0.05) is 77.9 Å². The van der Waals surface area contributed by atoms with Gasteiger partial charge in [-0.25, -0.2) is 4.98 Å². The van der Waals surface area contributed by atoms with Crippen molar-refractivity contribution in [2.45, 2.75) is 65.0 Å². The van der Waals surface area contributed by atoms with Crippen molar-refractivity contribution in [2.24, 2.45) is 0 Å². The molecule has 8 heteroatoms. The molecular formula is C29H44N6O2. The zero-order valence-corrected chi connectivity index (χ0v) is 22.5. The Morgan fingerprint density at radius 1 is 0.838 bits per heavy atom. The lowest BCUT2D eigenvalue weighted by Crippen LogP contribution is -2.49. The van der Waals surface area contributed by atoms with Crippen molar-refractivity contribution in [1.29, 1.82) is 0 Å². The monoisotopic (exact) mass is 508 g/mol. The molecule has 0 bridgehead atoms. The molecule has 0 spiro atoms. The van der Waals surface area contributed by atoms with E-state index in [1.165, 1.54) is 31.2 Å². The van der Waals surface area contributed by atoms with Crippen molar-refractivity contribution in [3.8, 4) is 0 Å². The molecule has 2 aliphatic rings. The summed E-state index contributed by atoms with van der Waals surface area (Å²) in [7, 11) is 0. The molecule has 2 aromatic rings. The Labute approximate surface area is 221 Å². The average Bonchev–Trinajstić information content (AvgIpc) is 2.92. The zero-order valence-electron chi connectivity index (χ0n) is 22.5. The summed E-state index contributed by atoms with van der Waals surface area (Å²) in [5, 5.41) is 0. The molecule has 0 radical (unpaired) electrons. The molecule has 2 fully saturated rings. The van der Waals surface area contributed by atoms with E-state index in [0.29, 0.717) is 45.1 Å². The molecule has 8 nitrogen and oxygen atoms in total. The van der Waals surface area contributed by atoms with Crippen molar-refractivity contribution in [1.82, 2.24) is 24.7 Å². The fourth-order valence-electron chi connectivity index (χ4n) is 5.28. The molecule has 1 aromatic heterocycles. The second-order valence-corrected chi connectivity index (χ2v) is 10.5. The van der Waals surface area contributed by atoms with E-state index in [4.69, 9.17) is 4.98 Å². The van der Waals surface area contributed by atoms with E-state index in [2.05, 4.69) is 56.9 Å². The number of carbonyl (C=O) groups is 1. The molecule has 3 heterocycles. The zero-order chi connectivity index (χ0) is 25.9. The molecule has 2 saturated heterocycles. The van der Waals surface area contributed by atoms with Gasteiger partial charge in [-0.05, 0) is 12.0 Å². The number of unbranched alkanes of at least 4 members (excludes halogenated alkanes) is 5. The first kappa shape index (κ1) is 27.3. The van der Waals surface area contributed by atoms with Crippen LogP contribution in [-0.4, -0.2) is 82.9 Å². The maximum absolute atomic E-state index is 12.6. The predicted octanol–water partition coefficient (Wildman–Crippen LogP) is 3.49. The van der Waals surface area contributed by atoms with Crippen LogP contribution < -0.4 is 10.5 Å². The summed E-state index contributed by atoms with van der Waals surface area (Å²) < 4.78 is 0. The highest BCUT2D eigenvalue weighted by Gasteiger charge is 2.23. The second kappa shape index (κ2) is 14.3. The largest absolute Gasteiger partial charge is 0.339 e. The Morgan fingerprint density at radius 3 is 2.19 bits per heavy atom. The van der Waals surface area contributed by atoms with Gasteiger partial charge in [0.25, 0.3) is 5.56 Å². The number of anilines is 1. The van der Waals surface area contributed by atoms with Crippen LogP contribution in [0.2, 0.25) is 0 Å². The summed E-state index contributed by atoms with van der Waals surface area (Å²) in [6, 6.07) is 12.2. The molecule has 1 amide bonds. The van der Waals surface area contributed by atoms with Crippen molar-refractivity contribution < 1.29 is 4.79 Å². The lowest BCUT2D eigenvalue weighted by Gasteiger charge is -2.36. The van der Waals surface area contributed by atoms with Crippen molar-refractivity contribution in [2.75, 3.05) is 57.3 Å². The molecule has 0 atom stereocenters. The fourth-order valence-corrected chi connectivity index (χ4v) is 5.28. The number of benzene rings is 1. The Bertz CT molecular complexity index is 1010. The van der Waals surface area contributed by atoms with Gasteiger partial charge in [-0.1, -0.05) is 69.4 Å².